The molecule has 1 amide bonds. The highest BCUT2D eigenvalue weighted by atomic mass is 19.1. The van der Waals surface area contributed by atoms with Gasteiger partial charge in [-0.1, -0.05) is 12.1 Å². The predicted molar refractivity (Wildman–Crippen MR) is 101 cm³/mol. The average Bonchev–Trinajstić information content (AvgIpc) is 2.68. The van der Waals surface area contributed by atoms with Crippen molar-refractivity contribution in [2.45, 2.75) is 25.8 Å². The summed E-state index contributed by atoms with van der Waals surface area (Å²) in [6, 6.07) is 14.1. The number of carbonyl (C=O) groups excluding carboxylic acids is 1. The van der Waals surface area contributed by atoms with Crippen molar-refractivity contribution in [3.63, 3.8) is 0 Å². The van der Waals surface area contributed by atoms with Crippen molar-refractivity contribution in [3.8, 4) is 5.75 Å². The van der Waals surface area contributed by atoms with Crippen molar-refractivity contribution in [3.05, 3.63) is 59.9 Å². The molecule has 0 aliphatic carbocycles. The molecule has 0 saturated carbocycles. The maximum absolute atomic E-state index is 12.9. The summed E-state index contributed by atoms with van der Waals surface area (Å²) in [6.45, 7) is 2.72. The minimum absolute atomic E-state index is 0.0615. The molecule has 0 aromatic heterocycles. The van der Waals surface area contributed by atoms with E-state index in [2.05, 4.69) is 29.2 Å². The van der Waals surface area contributed by atoms with Crippen LogP contribution in [0.15, 0.2) is 48.5 Å². The van der Waals surface area contributed by atoms with Crippen LogP contribution in [0.4, 0.5) is 10.1 Å². The highest BCUT2D eigenvalue weighted by Crippen LogP contribution is 2.20. The fourth-order valence-electron chi connectivity index (χ4n) is 3.11. The Kier molecular flexibility index (Phi) is 6.10. The molecule has 0 spiro atoms. The van der Waals surface area contributed by atoms with Crippen LogP contribution in [0.5, 0.6) is 5.75 Å². The first kappa shape index (κ1) is 18.2. The van der Waals surface area contributed by atoms with Crippen LogP contribution >= 0.6 is 0 Å². The van der Waals surface area contributed by atoms with Crippen molar-refractivity contribution < 1.29 is 13.9 Å². The van der Waals surface area contributed by atoms with Gasteiger partial charge in [-0.3, -0.25) is 4.79 Å². The molecule has 3 rings (SSSR count). The van der Waals surface area contributed by atoms with Gasteiger partial charge in [0.25, 0.3) is 5.91 Å². The maximum Gasteiger partial charge on any atom is 0.260 e. The molecule has 1 aliphatic heterocycles. The van der Waals surface area contributed by atoms with Crippen molar-refractivity contribution in [2.75, 3.05) is 31.6 Å². The Morgan fingerprint density at radius 1 is 1.04 bits per heavy atom. The second-order valence-corrected chi connectivity index (χ2v) is 6.71. The topological polar surface area (TPSA) is 32.8 Å². The summed E-state index contributed by atoms with van der Waals surface area (Å²) < 4.78 is 18.3. The van der Waals surface area contributed by atoms with Gasteiger partial charge in [0.05, 0.1) is 0 Å². The van der Waals surface area contributed by atoms with Crippen LogP contribution in [-0.4, -0.2) is 37.6 Å². The van der Waals surface area contributed by atoms with Gasteiger partial charge in [-0.2, -0.15) is 0 Å². The van der Waals surface area contributed by atoms with E-state index in [1.165, 1.54) is 49.2 Å². The van der Waals surface area contributed by atoms with E-state index in [1.807, 2.05) is 0 Å². The van der Waals surface area contributed by atoms with Crippen molar-refractivity contribution in [1.82, 2.24) is 4.90 Å². The molecule has 0 N–H and O–H groups in total. The number of ether oxygens (including phenoxy) is 1. The van der Waals surface area contributed by atoms with Gasteiger partial charge in [0.2, 0.25) is 0 Å². The Hall–Kier alpha value is -2.56. The molecular formula is C21H25FN2O2. The molecule has 1 fully saturated rings. The highest BCUT2D eigenvalue weighted by Gasteiger charge is 2.13. The predicted octanol–water partition coefficient (Wildman–Crippen LogP) is 3.85. The zero-order valence-corrected chi connectivity index (χ0v) is 15.2. The highest BCUT2D eigenvalue weighted by molar-refractivity contribution is 5.77. The smallest absolute Gasteiger partial charge is 0.260 e. The number of anilines is 1. The molecular weight excluding hydrogens is 331 g/mol. The van der Waals surface area contributed by atoms with Crippen LogP contribution in [0.3, 0.4) is 0 Å². The molecule has 1 aliphatic rings. The molecule has 0 atom stereocenters. The second kappa shape index (κ2) is 8.70. The summed E-state index contributed by atoms with van der Waals surface area (Å²) in [5, 5.41) is 0. The van der Waals surface area contributed by atoms with Crippen LogP contribution in [-0.2, 0) is 11.3 Å². The number of likely N-dealkylation sites (N-methyl/N-ethyl adjacent to an activating group) is 1. The number of benzene rings is 2. The summed E-state index contributed by atoms with van der Waals surface area (Å²) in [4.78, 5) is 16.3. The Labute approximate surface area is 154 Å². The molecule has 0 bridgehead atoms. The summed E-state index contributed by atoms with van der Waals surface area (Å²) in [5.41, 5.74) is 2.34. The van der Waals surface area contributed by atoms with Crippen LogP contribution in [0.25, 0.3) is 0 Å². The van der Waals surface area contributed by atoms with Crippen molar-refractivity contribution in [2.24, 2.45) is 0 Å². The van der Waals surface area contributed by atoms with E-state index in [4.69, 9.17) is 4.74 Å². The third kappa shape index (κ3) is 4.97. The third-order valence-corrected chi connectivity index (χ3v) is 4.68. The first-order valence-corrected chi connectivity index (χ1v) is 9.08. The molecule has 1 saturated heterocycles. The molecule has 138 valence electrons. The van der Waals surface area contributed by atoms with Crippen molar-refractivity contribution >= 4 is 11.6 Å². The Bertz CT molecular complexity index is 710. The van der Waals surface area contributed by atoms with Crippen LogP contribution in [0, 0.1) is 5.82 Å². The van der Waals surface area contributed by atoms with Gasteiger partial charge in [-0.25, -0.2) is 4.39 Å². The van der Waals surface area contributed by atoms with E-state index >= 15 is 0 Å². The number of rotatable bonds is 6. The number of nitrogens with zero attached hydrogens (tertiary/aromatic N) is 2. The van der Waals surface area contributed by atoms with Gasteiger partial charge >= 0.3 is 0 Å². The number of piperidine rings is 1. The van der Waals surface area contributed by atoms with E-state index in [0.717, 1.165) is 18.7 Å². The lowest BCUT2D eigenvalue weighted by Crippen LogP contribution is -2.31. The largest absolute Gasteiger partial charge is 0.484 e. The Balaban J connectivity index is 1.49. The summed E-state index contributed by atoms with van der Waals surface area (Å²) in [6.07, 6.45) is 3.83. The zero-order valence-electron chi connectivity index (χ0n) is 15.2. The molecule has 0 unspecified atom stereocenters. The first-order valence-electron chi connectivity index (χ1n) is 9.08. The molecule has 26 heavy (non-hydrogen) atoms. The zero-order chi connectivity index (χ0) is 18.4. The minimum Gasteiger partial charge on any atom is -0.484 e. The molecule has 4 nitrogen and oxygen atoms in total. The third-order valence-electron chi connectivity index (χ3n) is 4.68. The number of amides is 1. The van der Waals surface area contributed by atoms with Gasteiger partial charge < -0.3 is 14.5 Å². The summed E-state index contributed by atoms with van der Waals surface area (Å²) >= 11 is 0. The van der Waals surface area contributed by atoms with Crippen LogP contribution < -0.4 is 9.64 Å². The first-order chi connectivity index (χ1) is 12.6. The molecule has 2 aromatic carbocycles. The number of hydrogen-bond acceptors (Lipinski definition) is 3. The van der Waals surface area contributed by atoms with Gasteiger partial charge in [0.15, 0.2) is 6.61 Å². The summed E-state index contributed by atoms with van der Waals surface area (Å²) in [7, 11) is 1.76. The minimum atomic E-state index is -0.325. The van der Waals surface area contributed by atoms with Gasteiger partial charge in [0.1, 0.15) is 11.6 Å². The standard InChI is InChI=1S/C21H25FN2O2/c1-23(21(25)16-26-20-11-7-18(22)8-12-20)15-17-5-9-19(10-6-17)24-13-3-2-4-14-24/h5-12H,2-4,13-16H2,1H3. The lowest BCUT2D eigenvalue weighted by molar-refractivity contribution is -0.132. The lowest BCUT2D eigenvalue weighted by Gasteiger charge is -2.29. The normalized spacial score (nSPS) is 14.2. The van der Waals surface area contributed by atoms with Crippen LogP contribution in [0.2, 0.25) is 0 Å². The Morgan fingerprint density at radius 2 is 1.69 bits per heavy atom. The van der Waals surface area contributed by atoms with E-state index in [9.17, 15) is 9.18 Å². The van der Waals surface area contributed by atoms with E-state index in [1.54, 1.807) is 11.9 Å². The quantitative estimate of drug-likeness (QED) is 0.788. The molecule has 0 radical (unpaired) electrons. The van der Waals surface area contributed by atoms with Crippen molar-refractivity contribution in [1.29, 1.82) is 0 Å². The van der Waals surface area contributed by atoms with E-state index < -0.39 is 0 Å². The van der Waals surface area contributed by atoms with Gasteiger partial charge in [0, 0.05) is 32.4 Å². The number of hydrogen-bond donors (Lipinski definition) is 0. The SMILES string of the molecule is CN(Cc1ccc(N2CCCCC2)cc1)C(=O)COc1ccc(F)cc1. The van der Waals surface area contributed by atoms with Gasteiger partial charge in [-0.05, 0) is 61.2 Å². The molecule has 2 aromatic rings. The van der Waals surface area contributed by atoms with E-state index in [0.29, 0.717) is 12.3 Å². The number of carbonyl (C=O) groups is 1. The molecule has 5 heteroatoms. The fourth-order valence-corrected chi connectivity index (χ4v) is 3.11. The van der Waals surface area contributed by atoms with Crippen LogP contribution in [0.1, 0.15) is 24.8 Å². The summed E-state index contributed by atoms with van der Waals surface area (Å²) in [5.74, 6) is 0.0438. The lowest BCUT2D eigenvalue weighted by atomic mass is 10.1. The maximum atomic E-state index is 12.9. The average molecular weight is 356 g/mol. The van der Waals surface area contributed by atoms with Gasteiger partial charge in [-0.15, -0.1) is 0 Å². The number of halogens is 1. The fraction of sp³-hybridized carbons (Fsp3) is 0.381. The Morgan fingerprint density at radius 3 is 2.35 bits per heavy atom. The van der Waals surface area contributed by atoms with E-state index in [-0.39, 0.29) is 18.3 Å². The molecule has 1 heterocycles. The second-order valence-electron chi connectivity index (χ2n) is 6.71. The monoisotopic (exact) mass is 356 g/mol.